The van der Waals surface area contributed by atoms with Gasteiger partial charge in [0, 0.05) is 31.2 Å². The Labute approximate surface area is 167 Å². The second-order valence-corrected chi connectivity index (χ2v) is 9.21. The van der Waals surface area contributed by atoms with Gasteiger partial charge in [-0.3, -0.25) is 4.90 Å². The SMILES string of the molecule is CCC1C=CCN(CCc2cn(S(=O)(=O)c3ccccc3)c3ccccc23)C1. The molecule has 0 spiro atoms. The molecule has 2 aromatic carbocycles. The third-order valence-electron chi connectivity index (χ3n) is 5.55. The zero-order chi connectivity index (χ0) is 19.6. The van der Waals surface area contributed by atoms with Crippen LogP contribution in [0.5, 0.6) is 0 Å². The van der Waals surface area contributed by atoms with Crippen molar-refractivity contribution in [1.29, 1.82) is 0 Å². The largest absolute Gasteiger partial charge is 0.299 e. The van der Waals surface area contributed by atoms with Gasteiger partial charge in [-0.2, -0.15) is 0 Å². The van der Waals surface area contributed by atoms with E-state index < -0.39 is 10.0 Å². The molecule has 0 radical (unpaired) electrons. The maximum atomic E-state index is 13.2. The predicted octanol–water partition coefficient (Wildman–Crippen LogP) is 4.32. The average molecular weight is 395 g/mol. The number of nitrogens with zero attached hydrogens (tertiary/aromatic N) is 2. The van der Waals surface area contributed by atoms with Crippen molar-refractivity contribution < 1.29 is 8.42 Å². The van der Waals surface area contributed by atoms with Crippen molar-refractivity contribution in [2.24, 2.45) is 5.92 Å². The molecular formula is C23H26N2O2S. The number of rotatable bonds is 6. The Morgan fingerprint density at radius 1 is 1.04 bits per heavy atom. The Kier molecular flexibility index (Phi) is 5.38. The van der Waals surface area contributed by atoms with Gasteiger partial charge in [0.05, 0.1) is 10.4 Å². The fourth-order valence-corrected chi connectivity index (χ4v) is 5.33. The minimum atomic E-state index is -3.61. The summed E-state index contributed by atoms with van der Waals surface area (Å²) in [5.74, 6) is 0.619. The summed E-state index contributed by atoms with van der Waals surface area (Å²) in [4.78, 5) is 2.76. The van der Waals surface area contributed by atoms with Crippen LogP contribution in [0, 0.1) is 5.92 Å². The maximum Gasteiger partial charge on any atom is 0.268 e. The van der Waals surface area contributed by atoms with Gasteiger partial charge in [-0.1, -0.05) is 55.5 Å². The summed E-state index contributed by atoms with van der Waals surface area (Å²) < 4.78 is 27.8. The number of benzene rings is 2. The number of aromatic nitrogens is 1. The lowest BCUT2D eigenvalue weighted by Crippen LogP contribution is -2.33. The van der Waals surface area contributed by atoms with Gasteiger partial charge in [-0.15, -0.1) is 0 Å². The molecule has 0 bridgehead atoms. The molecule has 0 saturated heterocycles. The molecule has 2 heterocycles. The fraction of sp³-hybridized carbons (Fsp3) is 0.304. The van der Waals surface area contributed by atoms with Gasteiger partial charge in [-0.25, -0.2) is 12.4 Å². The lowest BCUT2D eigenvalue weighted by atomic mass is 10.0. The predicted molar refractivity (Wildman–Crippen MR) is 114 cm³/mol. The first-order chi connectivity index (χ1) is 13.6. The van der Waals surface area contributed by atoms with E-state index in [2.05, 4.69) is 24.0 Å². The Balaban J connectivity index is 1.65. The van der Waals surface area contributed by atoms with Crippen molar-refractivity contribution in [2.75, 3.05) is 19.6 Å². The molecule has 0 saturated carbocycles. The van der Waals surface area contributed by atoms with Crippen LogP contribution in [0.15, 0.2) is 77.8 Å². The highest BCUT2D eigenvalue weighted by Crippen LogP contribution is 2.26. The first kappa shape index (κ1) is 19.0. The van der Waals surface area contributed by atoms with Crippen LogP contribution in [0.1, 0.15) is 18.9 Å². The lowest BCUT2D eigenvalue weighted by Gasteiger charge is -2.28. The smallest absolute Gasteiger partial charge is 0.268 e. The first-order valence-electron chi connectivity index (χ1n) is 9.88. The Morgan fingerprint density at radius 2 is 1.79 bits per heavy atom. The van der Waals surface area contributed by atoms with Crippen LogP contribution in [0.3, 0.4) is 0 Å². The van der Waals surface area contributed by atoms with Crippen molar-refractivity contribution >= 4 is 20.9 Å². The zero-order valence-electron chi connectivity index (χ0n) is 16.2. The molecule has 4 rings (SSSR count). The molecule has 28 heavy (non-hydrogen) atoms. The molecule has 146 valence electrons. The molecule has 1 atom stereocenters. The topological polar surface area (TPSA) is 42.3 Å². The van der Waals surface area contributed by atoms with Crippen molar-refractivity contribution in [3.05, 3.63) is 78.5 Å². The van der Waals surface area contributed by atoms with Gasteiger partial charge >= 0.3 is 0 Å². The van der Waals surface area contributed by atoms with Crippen LogP contribution in [-0.2, 0) is 16.4 Å². The van der Waals surface area contributed by atoms with E-state index >= 15 is 0 Å². The molecule has 0 aliphatic carbocycles. The van der Waals surface area contributed by atoms with Gasteiger partial charge in [0.2, 0.25) is 0 Å². The molecule has 1 aliphatic rings. The monoisotopic (exact) mass is 394 g/mol. The van der Waals surface area contributed by atoms with Gasteiger partial charge < -0.3 is 0 Å². The molecule has 3 aromatic rings. The molecule has 1 aliphatic heterocycles. The Morgan fingerprint density at radius 3 is 2.57 bits per heavy atom. The van der Waals surface area contributed by atoms with Gasteiger partial charge in [0.1, 0.15) is 0 Å². The molecule has 1 aromatic heterocycles. The molecular weight excluding hydrogens is 368 g/mol. The van der Waals surface area contributed by atoms with E-state index in [1.54, 1.807) is 24.3 Å². The zero-order valence-corrected chi connectivity index (χ0v) is 17.0. The van der Waals surface area contributed by atoms with Crippen LogP contribution in [-0.4, -0.2) is 36.9 Å². The third kappa shape index (κ3) is 3.64. The maximum absolute atomic E-state index is 13.2. The second kappa shape index (κ2) is 7.94. The fourth-order valence-electron chi connectivity index (χ4n) is 3.92. The van der Waals surface area contributed by atoms with E-state index in [4.69, 9.17) is 0 Å². The van der Waals surface area contributed by atoms with Crippen LogP contribution in [0.2, 0.25) is 0 Å². The van der Waals surface area contributed by atoms with Gasteiger partial charge in [-0.05, 0) is 42.5 Å². The summed E-state index contributed by atoms with van der Waals surface area (Å²) in [7, 11) is -3.61. The first-order valence-corrected chi connectivity index (χ1v) is 11.3. The van der Waals surface area contributed by atoms with E-state index in [0.717, 1.165) is 48.9 Å². The van der Waals surface area contributed by atoms with E-state index in [-0.39, 0.29) is 0 Å². The number of hydrogen-bond acceptors (Lipinski definition) is 3. The van der Waals surface area contributed by atoms with Crippen molar-refractivity contribution in [3.8, 4) is 0 Å². The van der Waals surface area contributed by atoms with E-state index in [1.165, 1.54) is 3.97 Å². The summed E-state index contributed by atoms with van der Waals surface area (Å²) in [6.07, 6.45) is 8.36. The number of hydrogen-bond donors (Lipinski definition) is 0. The van der Waals surface area contributed by atoms with Gasteiger partial charge in [0.25, 0.3) is 10.0 Å². The van der Waals surface area contributed by atoms with E-state index in [9.17, 15) is 8.42 Å². The summed E-state index contributed by atoms with van der Waals surface area (Å²) in [5.41, 5.74) is 1.82. The van der Waals surface area contributed by atoms with Crippen molar-refractivity contribution in [1.82, 2.24) is 8.87 Å². The third-order valence-corrected chi connectivity index (χ3v) is 7.23. The van der Waals surface area contributed by atoms with Crippen LogP contribution in [0.25, 0.3) is 10.9 Å². The Hall–Kier alpha value is -2.37. The quantitative estimate of drug-likeness (QED) is 0.585. The molecule has 0 amide bonds. The molecule has 0 fully saturated rings. The highest BCUT2D eigenvalue weighted by atomic mass is 32.2. The van der Waals surface area contributed by atoms with Crippen LogP contribution in [0.4, 0.5) is 0 Å². The van der Waals surface area contributed by atoms with E-state index in [0.29, 0.717) is 10.8 Å². The number of fused-ring (bicyclic) bond motifs is 1. The summed E-state index contributed by atoms with van der Waals surface area (Å²) in [6, 6.07) is 16.4. The van der Waals surface area contributed by atoms with Crippen LogP contribution < -0.4 is 0 Å². The molecule has 0 N–H and O–H groups in total. The minimum absolute atomic E-state index is 0.314. The van der Waals surface area contributed by atoms with Crippen molar-refractivity contribution in [3.63, 3.8) is 0 Å². The van der Waals surface area contributed by atoms with Crippen LogP contribution >= 0.6 is 0 Å². The molecule has 5 heteroatoms. The molecule has 1 unspecified atom stereocenters. The Bertz CT molecular complexity index is 1080. The highest BCUT2D eigenvalue weighted by molar-refractivity contribution is 7.90. The average Bonchev–Trinajstić information content (AvgIpc) is 3.13. The van der Waals surface area contributed by atoms with Gasteiger partial charge in [0.15, 0.2) is 0 Å². The summed E-state index contributed by atoms with van der Waals surface area (Å²) in [6.45, 7) is 5.20. The van der Waals surface area contributed by atoms with Crippen molar-refractivity contribution in [2.45, 2.75) is 24.7 Å². The second-order valence-electron chi connectivity index (χ2n) is 7.39. The molecule has 4 nitrogen and oxygen atoms in total. The highest BCUT2D eigenvalue weighted by Gasteiger charge is 2.21. The summed E-state index contributed by atoms with van der Waals surface area (Å²) >= 11 is 0. The lowest BCUT2D eigenvalue weighted by molar-refractivity contribution is 0.259. The standard InChI is InChI=1S/C23H26N2O2S/c1-2-19-9-8-15-24(17-19)16-14-20-18-25(23-13-7-6-12-22(20)23)28(26,27)21-10-4-3-5-11-21/h3-13,18-19H,2,14-17H2,1H3. The number of para-hydroxylation sites is 1. The summed E-state index contributed by atoms with van der Waals surface area (Å²) in [5, 5.41) is 1.02. The van der Waals surface area contributed by atoms with E-state index in [1.807, 2.05) is 36.5 Å². The normalized spacial score (nSPS) is 18.0. The minimum Gasteiger partial charge on any atom is -0.299 e.